The first kappa shape index (κ1) is 30.3. The molecule has 0 radical (unpaired) electrons. The molecule has 2 heterocycles. The minimum Gasteiger partial charge on any atom is -0.494 e. The molecule has 8 heteroatoms. The zero-order chi connectivity index (χ0) is 29.1. The SMILES string of the molecule is CCCCOc1ccc(/C=C/C(=O)O[C@H]2CO[C@@H]3[C@H](OC(=O)/C=C/c4ccc(OCCCC)cc4)CO[C@]23C)cc1. The number of rotatable bonds is 14. The molecule has 2 aromatic rings. The van der Waals surface area contributed by atoms with E-state index in [2.05, 4.69) is 13.8 Å². The van der Waals surface area contributed by atoms with Gasteiger partial charge in [0, 0.05) is 12.2 Å². The lowest BCUT2D eigenvalue weighted by Gasteiger charge is -2.27. The van der Waals surface area contributed by atoms with Crippen LogP contribution in [0.25, 0.3) is 12.2 Å². The van der Waals surface area contributed by atoms with Gasteiger partial charge in [0.25, 0.3) is 0 Å². The maximum atomic E-state index is 12.6. The molecule has 4 atom stereocenters. The van der Waals surface area contributed by atoms with Gasteiger partial charge >= 0.3 is 11.9 Å². The lowest BCUT2D eigenvalue weighted by molar-refractivity contribution is -0.154. The largest absolute Gasteiger partial charge is 0.494 e. The Kier molecular flexibility index (Phi) is 11.0. The summed E-state index contributed by atoms with van der Waals surface area (Å²) in [6, 6.07) is 15.0. The standard InChI is InChI=1S/C33H40O8/c1-4-6-20-36-26-14-8-24(9-15-26)12-18-30(34)40-28-22-39-33(3)29(23-38-32(28)33)41-31(35)19-13-25-10-16-27(17-11-25)37-21-7-5-2/h8-19,28-29,32H,4-7,20-23H2,1-3H3/b18-12+,19-13+/t28-,29+,32-,33-/m1/s1. The highest BCUT2D eigenvalue weighted by Crippen LogP contribution is 2.40. The Morgan fingerprint density at radius 2 is 1.32 bits per heavy atom. The second-order valence-electron chi connectivity index (χ2n) is 10.4. The second kappa shape index (κ2) is 14.8. The number of esters is 2. The molecule has 0 aromatic heterocycles. The molecule has 220 valence electrons. The van der Waals surface area contributed by atoms with Crippen LogP contribution in [0.4, 0.5) is 0 Å². The van der Waals surface area contributed by atoms with E-state index in [1.165, 1.54) is 12.2 Å². The molecule has 0 spiro atoms. The van der Waals surface area contributed by atoms with Crippen molar-refractivity contribution in [3.05, 3.63) is 71.8 Å². The predicted octanol–water partition coefficient (Wildman–Crippen LogP) is 5.78. The van der Waals surface area contributed by atoms with E-state index in [-0.39, 0.29) is 13.2 Å². The minimum atomic E-state index is -0.913. The van der Waals surface area contributed by atoms with Gasteiger partial charge in [-0.15, -0.1) is 0 Å². The zero-order valence-corrected chi connectivity index (χ0v) is 24.1. The molecular formula is C33H40O8. The molecule has 2 aliphatic rings. The van der Waals surface area contributed by atoms with Gasteiger partial charge in [0.15, 0.2) is 12.2 Å². The molecule has 2 fully saturated rings. The molecule has 0 bridgehead atoms. The third kappa shape index (κ3) is 8.44. The Balaban J connectivity index is 1.24. The summed E-state index contributed by atoms with van der Waals surface area (Å²) in [5, 5.41) is 0. The highest BCUT2D eigenvalue weighted by Gasteiger charge is 2.60. The van der Waals surface area contributed by atoms with Crippen LogP contribution in [0.5, 0.6) is 11.5 Å². The summed E-state index contributed by atoms with van der Waals surface area (Å²) in [6.07, 6.45) is 8.53. The number of benzene rings is 2. The van der Waals surface area contributed by atoms with Gasteiger partial charge in [-0.05, 0) is 67.3 Å². The first-order chi connectivity index (χ1) is 19.9. The third-order valence-electron chi connectivity index (χ3n) is 7.17. The van der Waals surface area contributed by atoms with Crippen LogP contribution in [-0.2, 0) is 28.5 Å². The van der Waals surface area contributed by atoms with Gasteiger partial charge in [-0.3, -0.25) is 0 Å². The van der Waals surface area contributed by atoms with E-state index in [4.69, 9.17) is 28.4 Å². The summed E-state index contributed by atoms with van der Waals surface area (Å²) in [6.45, 7) is 7.73. The maximum absolute atomic E-state index is 12.6. The van der Waals surface area contributed by atoms with Gasteiger partial charge in [-0.2, -0.15) is 0 Å². The van der Waals surface area contributed by atoms with Crippen molar-refractivity contribution in [1.29, 1.82) is 0 Å². The number of carbonyl (C=O) groups excluding carboxylic acids is 2. The fraction of sp³-hybridized carbons (Fsp3) is 0.455. The quantitative estimate of drug-likeness (QED) is 0.162. The van der Waals surface area contributed by atoms with E-state index in [1.54, 1.807) is 12.2 Å². The summed E-state index contributed by atoms with van der Waals surface area (Å²) in [4.78, 5) is 25.1. The van der Waals surface area contributed by atoms with Gasteiger partial charge in [0.2, 0.25) is 0 Å². The van der Waals surface area contributed by atoms with Crippen LogP contribution in [0, 0.1) is 0 Å². The van der Waals surface area contributed by atoms with Gasteiger partial charge in [0.1, 0.15) is 23.2 Å². The highest BCUT2D eigenvalue weighted by atomic mass is 16.7. The van der Waals surface area contributed by atoms with E-state index >= 15 is 0 Å². The van der Waals surface area contributed by atoms with Crippen LogP contribution >= 0.6 is 0 Å². The Labute approximate surface area is 242 Å². The molecule has 0 saturated carbocycles. The number of fused-ring (bicyclic) bond motifs is 1. The second-order valence-corrected chi connectivity index (χ2v) is 10.4. The molecule has 4 rings (SSSR count). The molecule has 2 aliphatic heterocycles. The van der Waals surface area contributed by atoms with E-state index in [1.807, 2.05) is 55.5 Å². The van der Waals surface area contributed by atoms with Crippen molar-refractivity contribution in [2.75, 3.05) is 26.4 Å². The Bertz CT molecular complexity index is 1190. The summed E-state index contributed by atoms with van der Waals surface area (Å²) in [7, 11) is 0. The number of carbonyl (C=O) groups is 2. The normalized spacial score (nSPS) is 23.5. The molecular weight excluding hydrogens is 524 g/mol. The monoisotopic (exact) mass is 564 g/mol. The van der Waals surface area contributed by atoms with Gasteiger partial charge in [-0.1, -0.05) is 51.0 Å². The zero-order valence-electron chi connectivity index (χ0n) is 24.1. The van der Waals surface area contributed by atoms with Crippen molar-refractivity contribution in [2.24, 2.45) is 0 Å². The molecule has 41 heavy (non-hydrogen) atoms. The van der Waals surface area contributed by atoms with Gasteiger partial charge in [0.05, 0.1) is 26.4 Å². The molecule has 0 unspecified atom stereocenters. The van der Waals surface area contributed by atoms with Crippen LogP contribution in [0.1, 0.15) is 57.6 Å². The lowest BCUT2D eigenvalue weighted by atomic mass is 9.94. The van der Waals surface area contributed by atoms with Crippen LogP contribution in [0.15, 0.2) is 60.7 Å². The van der Waals surface area contributed by atoms with E-state index < -0.39 is 35.9 Å². The van der Waals surface area contributed by atoms with Crippen LogP contribution in [0.2, 0.25) is 0 Å². The van der Waals surface area contributed by atoms with E-state index in [0.717, 1.165) is 48.3 Å². The van der Waals surface area contributed by atoms with Crippen molar-refractivity contribution < 1.29 is 38.0 Å². The van der Waals surface area contributed by atoms with Crippen molar-refractivity contribution in [2.45, 2.75) is 70.4 Å². The Morgan fingerprint density at radius 3 is 1.83 bits per heavy atom. The van der Waals surface area contributed by atoms with Crippen LogP contribution in [-0.4, -0.2) is 62.3 Å². The number of hydrogen-bond donors (Lipinski definition) is 0. The number of ether oxygens (including phenoxy) is 6. The van der Waals surface area contributed by atoms with Crippen LogP contribution in [0.3, 0.4) is 0 Å². The van der Waals surface area contributed by atoms with Crippen LogP contribution < -0.4 is 9.47 Å². The van der Waals surface area contributed by atoms with Gasteiger partial charge in [-0.25, -0.2) is 9.59 Å². The first-order valence-corrected chi connectivity index (χ1v) is 14.4. The summed E-state index contributed by atoms with van der Waals surface area (Å²) < 4.78 is 34.5. The number of hydrogen-bond acceptors (Lipinski definition) is 8. The fourth-order valence-corrected chi connectivity index (χ4v) is 4.67. The van der Waals surface area contributed by atoms with Crippen molar-refractivity contribution >= 4 is 24.1 Å². The summed E-state index contributed by atoms with van der Waals surface area (Å²) in [5.74, 6) is 0.593. The van der Waals surface area contributed by atoms with Gasteiger partial charge < -0.3 is 28.4 Å². The summed E-state index contributed by atoms with van der Waals surface area (Å²) >= 11 is 0. The van der Waals surface area contributed by atoms with Crippen molar-refractivity contribution in [1.82, 2.24) is 0 Å². The highest BCUT2D eigenvalue weighted by molar-refractivity contribution is 5.88. The summed E-state index contributed by atoms with van der Waals surface area (Å²) in [5.41, 5.74) is 0.791. The topological polar surface area (TPSA) is 89.5 Å². The third-order valence-corrected chi connectivity index (χ3v) is 7.17. The molecule has 2 saturated heterocycles. The molecule has 0 N–H and O–H groups in total. The Hall–Kier alpha value is -3.62. The minimum absolute atomic E-state index is 0.154. The van der Waals surface area contributed by atoms with E-state index in [0.29, 0.717) is 13.2 Å². The first-order valence-electron chi connectivity index (χ1n) is 14.4. The average molecular weight is 565 g/mol. The fourth-order valence-electron chi connectivity index (χ4n) is 4.67. The molecule has 0 amide bonds. The van der Waals surface area contributed by atoms with Crippen molar-refractivity contribution in [3.63, 3.8) is 0 Å². The predicted molar refractivity (Wildman–Crippen MR) is 156 cm³/mol. The van der Waals surface area contributed by atoms with Crippen molar-refractivity contribution in [3.8, 4) is 11.5 Å². The van der Waals surface area contributed by atoms with E-state index in [9.17, 15) is 9.59 Å². The molecule has 2 aromatic carbocycles. The average Bonchev–Trinajstić information content (AvgIpc) is 3.47. The Morgan fingerprint density at radius 1 is 0.805 bits per heavy atom. The molecule has 8 nitrogen and oxygen atoms in total. The smallest absolute Gasteiger partial charge is 0.331 e. The lowest BCUT2D eigenvalue weighted by Crippen LogP contribution is -2.46. The number of unbranched alkanes of at least 4 members (excludes halogenated alkanes) is 2. The maximum Gasteiger partial charge on any atom is 0.331 e. The molecule has 0 aliphatic carbocycles.